The highest BCUT2D eigenvalue weighted by molar-refractivity contribution is 5.30. The van der Waals surface area contributed by atoms with Crippen molar-refractivity contribution >= 4 is 0 Å². The maximum Gasteiger partial charge on any atom is 0.0902 e. The van der Waals surface area contributed by atoms with Crippen molar-refractivity contribution in [1.82, 2.24) is 10.2 Å². The Morgan fingerprint density at radius 3 is 2.41 bits per heavy atom. The van der Waals surface area contributed by atoms with Crippen LogP contribution in [-0.4, -0.2) is 36.7 Å². The highest BCUT2D eigenvalue weighted by Gasteiger charge is 2.32. The monoisotopic (exact) mass is 232 g/mol. The van der Waals surface area contributed by atoms with Crippen LogP contribution in [0.5, 0.6) is 0 Å². The van der Waals surface area contributed by atoms with Crippen LogP contribution < -0.4 is 5.32 Å². The van der Waals surface area contributed by atoms with Gasteiger partial charge in [-0.3, -0.25) is 4.90 Å². The summed E-state index contributed by atoms with van der Waals surface area (Å²) in [4.78, 5) is 2.46. The quantitative estimate of drug-likeness (QED) is 0.849. The molecule has 1 N–H and O–H groups in total. The van der Waals surface area contributed by atoms with Crippen LogP contribution in [0.2, 0.25) is 0 Å². The molecule has 2 heterocycles. The molecule has 1 saturated heterocycles. The van der Waals surface area contributed by atoms with E-state index in [2.05, 4.69) is 41.4 Å². The molecule has 0 aromatic heterocycles. The summed E-state index contributed by atoms with van der Waals surface area (Å²) in [6, 6.07) is 8.71. The minimum atomic E-state index is 0.0899. The van der Waals surface area contributed by atoms with Crippen LogP contribution in [0.1, 0.15) is 18.1 Å². The Morgan fingerprint density at radius 2 is 1.88 bits per heavy atom. The minimum absolute atomic E-state index is 0.0899. The summed E-state index contributed by atoms with van der Waals surface area (Å²) < 4.78 is 5.92. The zero-order chi connectivity index (χ0) is 11.7. The van der Waals surface area contributed by atoms with Gasteiger partial charge < -0.3 is 10.1 Å². The fourth-order valence-electron chi connectivity index (χ4n) is 2.56. The molecule has 3 rings (SSSR count). The number of nitrogens with zero attached hydrogens (tertiary/aromatic N) is 1. The van der Waals surface area contributed by atoms with E-state index in [-0.39, 0.29) is 5.60 Å². The van der Waals surface area contributed by atoms with Crippen LogP contribution in [0, 0.1) is 0 Å². The molecule has 0 aliphatic carbocycles. The molecule has 17 heavy (non-hydrogen) atoms. The molecule has 2 aliphatic heterocycles. The molecule has 3 heteroatoms. The lowest BCUT2D eigenvalue weighted by Crippen LogP contribution is -2.59. The summed E-state index contributed by atoms with van der Waals surface area (Å²) in [5.74, 6) is 0. The number of hydrogen-bond acceptors (Lipinski definition) is 3. The molecule has 2 aliphatic rings. The van der Waals surface area contributed by atoms with E-state index >= 15 is 0 Å². The second-order valence-electron chi connectivity index (χ2n) is 5.38. The third-order valence-corrected chi connectivity index (χ3v) is 3.76. The van der Waals surface area contributed by atoms with Crippen LogP contribution in [0.4, 0.5) is 0 Å². The number of rotatable bonds is 4. The van der Waals surface area contributed by atoms with Gasteiger partial charge in [-0.15, -0.1) is 0 Å². The lowest BCUT2D eigenvalue weighted by molar-refractivity contribution is -0.0724. The van der Waals surface area contributed by atoms with Crippen molar-refractivity contribution in [1.29, 1.82) is 0 Å². The van der Waals surface area contributed by atoms with E-state index in [0.29, 0.717) is 0 Å². The van der Waals surface area contributed by atoms with Gasteiger partial charge in [0.1, 0.15) is 0 Å². The van der Waals surface area contributed by atoms with Crippen LogP contribution in [0.15, 0.2) is 24.3 Å². The van der Waals surface area contributed by atoms with E-state index < -0.39 is 0 Å². The Balaban J connectivity index is 1.46. The lowest BCUT2D eigenvalue weighted by atomic mass is 10.0. The molecule has 1 aromatic rings. The van der Waals surface area contributed by atoms with Crippen molar-refractivity contribution in [2.45, 2.75) is 25.6 Å². The van der Waals surface area contributed by atoms with Gasteiger partial charge in [0.05, 0.1) is 12.2 Å². The Bertz CT molecular complexity index is 376. The van der Waals surface area contributed by atoms with Gasteiger partial charge >= 0.3 is 0 Å². The SMILES string of the molecule is CC1(OCCN2Cc3ccccc3C2)CNC1. The maximum absolute atomic E-state index is 5.92. The predicted molar refractivity (Wildman–Crippen MR) is 67.8 cm³/mol. The topological polar surface area (TPSA) is 24.5 Å². The zero-order valence-corrected chi connectivity index (χ0v) is 10.4. The van der Waals surface area contributed by atoms with Crippen molar-refractivity contribution in [2.75, 3.05) is 26.2 Å². The Hall–Kier alpha value is -0.900. The van der Waals surface area contributed by atoms with Gasteiger partial charge in [0, 0.05) is 32.7 Å². The standard InChI is InChI=1S/C14H20N2O/c1-14(10-15-11-14)17-7-6-16-8-12-4-2-3-5-13(12)9-16/h2-5,15H,6-11H2,1H3. The van der Waals surface area contributed by atoms with Gasteiger partial charge in [-0.2, -0.15) is 0 Å². The summed E-state index contributed by atoms with van der Waals surface area (Å²) >= 11 is 0. The third-order valence-electron chi connectivity index (χ3n) is 3.76. The van der Waals surface area contributed by atoms with E-state index in [1.54, 1.807) is 0 Å². The molecule has 1 aromatic carbocycles. The maximum atomic E-state index is 5.92. The van der Waals surface area contributed by atoms with E-state index in [1.807, 2.05) is 0 Å². The van der Waals surface area contributed by atoms with E-state index in [0.717, 1.165) is 39.3 Å². The molecule has 1 fully saturated rings. The summed E-state index contributed by atoms with van der Waals surface area (Å²) in [5.41, 5.74) is 3.04. The second kappa shape index (κ2) is 4.41. The molecule has 0 spiro atoms. The first-order chi connectivity index (χ1) is 8.25. The van der Waals surface area contributed by atoms with Crippen molar-refractivity contribution in [3.05, 3.63) is 35.4 Å². The van der Waals surface area contributed by atoms with E-state index in [4.69, 9.17) is 4.74 Å². The first kappa shape index (κ1) is 11.2. The molecule has 0 radical (unpaired) electrons. The smallest absolute Gasteiger partial charge is 0.0902 e. The fourth-order valence-corrected chi connectivity index (χ4v) is 2.56. The fraction of sp³-hybridized carbons (Fsp3) is 0.571. The lowest BCUT2D eigenvalue weighted by Gasteiger charge is -2.39. The molecule has 0 amide bonds. The van der Waals surface area contributed by atoms with Crippen LogP contribution in [-0.2, 0) is 17.8 Å². The minimum Gasteiger partial charge on any atom is -0.371 e. The van der Waals surface area contributed by atoms with Gasteiger partial charge in [-0.05, 0) is 18.1 Å². The zero-order valence-electron chi connectivity index (χ0n) is 10.4. The van der Waals surface area contributed by atoms with Gasteiger partial charge in [-0.1, -0.05) is 24.3 Å². The molecule has 0 saturated carbocycles. The molecule has 92 valence electrons. The molecule has 0 atom stereocenters. The van der Waals surface area contributed by atoms with Gasteiger partial charge in [0.25, 0.3) is 0 Å². The second-order valence-corrected chi connectivity index (χ2v) is 5.38. The van der Waals surface area contributed by atoms with Crippen molar-refractivity contribution in [2.24, 2.45) is 0 Å². The average Bonchev–Trinajstić information content (AvgIpc) is 2.69. The van der Waals surface area contributed by atoms with Gasteiger partial charge in [0.2, 0.25) is 0 Å². The third kappa shape index (κ3) is 2.37. The average molecular weight is 232 g/mol. The summed E-state index contributed by atoms with van der Waals surface area (Å²) in [7, 11) is 0. The van der Waals surface area contributed by atoms with Gasteiger partial charge in [-0.25, -0.2) is 0 Å². The number of benzene rings is 1. The molecular formula is C14H20N2O. The number of hydrogen-bond donors (Lipinski definition) is 1. The van der Waals surface area contributed by atoms with Crippen LogP contribution in [0.3, 0.4) is 0 Å². The molecule has 3 nitrogen and oxygen atoms in total. The highest BCUT2D eigenvalue weighted by Crippen LogP contribution is 2.22. The molecule has 0 unspecified atom stereocenters. The predicted octanol–water partition coefficient (Wildman–Crippen LogP) is 1.38. The first-order valence-corrected chi connectivity index (χ1v) is 6.39. The molecular weight excluding hydrogens is 212 g/mol. The first-order valence-electron chi connectivity index (χ1n) is 6.39. The normalized spacial score (nSPS) is 22.2. The van der Waals surface area contributed by atoms with Gasteiger partial charge in [0.15, 0.2) is 0 Å². The Kier molecular flexibility index (Phi) is 2.90. The van der Waals surface area contributed by atoms with Crippen molar-refractivity contribution < 1.29 is 4.74 Å². The van der Waals surface area contributed by atoms with Crippen LogP contribution >= 0.6 is 0 Å². The number of fused-ring (bicyclic) bond motifs is 1. The van der Waals surface area contributed by atoms with E-state index in [1.165, 1.54) is 11.1 Å². The van der Waals surface area contributed by atoms with E-state index in [9.17, 15) is 0 Å². The van der Waals surface area contributed by atoms with Crippen molar-refractivity contribution in [3.8, 4) is 0 Å². The summed E-state index contributed by atoms with van der Waals surface area (Å²) in [6.45, 7) is 8.20. The largest absolute Gasteiger partial charge is 0.371 e. The number of ether oxygens (including phenoxy) is 1. The summed E-state index contributed by atoms with van der Waals surface area (Å²) in [5, 5.41) is 3.26. The highest BCUT2D eigenvalue weighted by atomic mass is 16.5. The van der Waals surface area contributed by atoms with Crippen molar-refractivity contribution in [3.63, 3.8) is 0 Å². The summed E-state index contributed by atoms with van der Waals surface area (Å²) in [6.07, 6.45) is 0. The molecule has 0 bridgehead atoms. The number of nitrogens with one attached hydrogen (secondary N) is 1. The Morgan fingerprint density at radius 1 is 1.24 bits per heavy atom. The Labute approximate surface area is 103 Å². The van der Waals surface area contributed by atoms with Crippen LogP contribution in [0.25, 0.3) is 0 Å².